The van der Waals surface area contributed by atoms with Crippen LogP contribution in [-0.4, -0.2) is 15.1 Å². The highest BCUT2D eigenvalue weighted by Gasteiger charge is 2.09. The molecule has 0 radical (unpaired) electrons. The molecule has 3 nitrogen and oxygen atoms in total. The summed E-state index contributed by atoms with van der Waals surface area (Å²) in [5.74, 6) is 0. The molecule has 2 aromatic rings. The number of aliphatic hydroxyl groups excluding tert-OH is 1. The van der Waals surface area contributed by atoms with Gasteiger partial charge in [0.05, 0.1) is 12.0 Å². The minimum atomic E-state index is -0.529. The summed E-state index contributed by atoms with van der Waals surface area (Å²) in [6.07, 6.45) is 3.37. The Balaban J connectivity index is 2.06. The van der Waals surface area contributed by atoms with Crippen LogP contribution in [0.15, 0.2) is 36.8 Å². The molecule has 15 heavy (non-hydrogen) atoms. The minimum absolute atomic E-state index is 0.529. The Morgan fingerprint density at radius 2 is 2.07 bits per heavy atom. The van der Waals surface area contributed by atoms with Gasteiger partial charge in [0.1, 0.15) is 6.10 Å². The zero-order valence-corrected chi connectivity index (χ0v) is 8.64. The van der Waals surface area contributed by atoms with Crippen molar-refractivity contribution in [2.24, 2.45) is 0 Å². The summed E-state index contributed by atoms with van der Waals surface area (Å²) in [4.78, 5) is 6.86. The van der Waals surface area contributed by atoms with Gasteiger partial charge in [0, 0.05) is 12.6 Å². The average molecular weight is 202 g/mol. The number of aromatic nitrogens is 2. The Hall–Kier alpha value is -1.61. The highest BCUT2D eigenvalue weighted by Crippen LogP contribution is 2.15. The highest BCUT2D eigenvalue weighted by atomic mass is 16.3. The Labute approximate surface area is 88.8 Å². The van der Waals surface area contributed by atoms with E-state index in [1.165, 1.54) is 5.56 Å². The summed E-state index contributed by atoms with van der Waals surface area (Å²) in [7, 11) is 0. The fourth-order valence-electron chi connectivity index (χ4n) is 1.51. The molecule has 1 aromatic carbocycles. The number of nitrogens with zero attached hydrogens (tertiary/aromatic N) is 1. The molecule has 0 fully saturated rings. The van der Waals surface area contributed by atoms with Crippen LogP contribution in [-0.2, 0) is 6.42 Å². The van der Waals surface area contributed by atoms with E-state index in [1.807, 2.05) is 31.2 Å². The first-order valence-electron chi connectivity index (χ1n) is 4.98. The SMILES string of the molecule is Cc1ccc(CC(O)c2c[nH]cn2)cc1. The summed E-state index contributed by atoms with van der Waals surface area (Å²) in [5, 5.41) is 9.85. The molecule has 2 rings (SSSR count). The number of imidazole rings is 1. The quantitative estimate of drug-likeness (QED) is 0.799. The summed E-state index contributed by atoms with van der Waals surface area (Å²) in [5.41, 5.74) is 3.04. The van der Waals surface area contributed by atoms with Crippen molar-refractivity contribution >= 4 is 0 Å². The molecule has 0 bridgehead atoms. The molecule has 2 N–H and O–H groups in total. The van der Waals surface area contributed by atoms with Gasteiger partial charge in [-0.05, 0) is 12.5 Å². The predicted molar refractivity (Wildman–Crippen MR) is 58.4 cm³/mol. The summed E-state index contributed by atoms with van der Waals surface area (Å²) in [6.45, 7) is 2.05. The lowest BCUT2D eigenvalue weighted by Crippen LogP contribution is -2.01. The third-order valence-corrected chi connectivity index (χ3v) is 2.41. The summed E-state index contributed by atoms with van der Waals surface area (Å²) < 4.78 is 0. The van der Waals surface area contributed by atoms with Crippen LogP contribution in [0.1, 0.15) is 22.9 Å². The lowest BCUT2D eigenvalue weighted by molar-refractivity contribution is 0.174. The normalized spacial score (nSPS) is 12.7. The van der Waals surface area contributed by atoms with Gasteiger partial charge in [-0.25, -0.2) is 4.98 Å². The molecule has 0 spiro atoms. The molecule has 0 amide bonds. The predicted octanol–water partition coefficient (Wildman–Crippen LogP) is 1.99. The van der Waals surface area contributed by atoms with E-state index < -0.39 is 6.10 Å². The van der Waals surface area contributed by atoms with Gasteiger partial charge in [0.15, 0.2) is 0 Å². The number of aromatic amines is 1. The second-order valence-corrected chi connectivity index (χ2v) is 3.70. The molecular weight excluding hydrogens is 188 g/mol. The van der Waals surface area contributed by atoms with E-state index in [4.69, 9.17) is 0 Å². The molecule has 78 valence electrons. The maximum Gasteiger partial charge on any atom is 0.101 e. The number of rotatable bonds is 3. The third kappa shape index (κ3) is 2.44. The Bertz CT molecular complexity index is 406. The number of H-pyrrole nitrogens is 1. The van der Waals surface area contributed by atoms with Crippen molar-refractivity contribution in [3.05, 3.63) is 53.6 Å². The summed E-state index contributed by atoms with van der Waals surface area (Å²) >= 11 is 0. The Morgan fingerprint density at radius 1 is 1.33 bits per heavy atom. The number of aliphatic hydroxyl groups is 1. The van der Waals surface area contributed by atoms with Crippen LogP contribution in [0.25, 0.3) is 0 Å². The number of aryl methyl sites for hydroxylation is 1. The van der Waals surface area contributed by atoms with Crippen LogP contribution in [0.5, 0.6) is 0 Å². The summed E-state index contributed by atoms with van der Waals surface area (Å²) in [6, 6.07) is 8.16. The third-order valence-electron chi connectivity index (χ3n) is 2.41. The average Bonchev–Trinajstić information content (AvgIpc) is 2.74. The highest BCUT2D eigenvalue weighted by molar-refractivity contribution is 5.22. The molecular formula is C12H14N2O. The van der Waals surface area contributed by atoms with Crippen molar-refractivity contribution < 1.29 is 5.11 Å². The van der Waals surface area contributed by atoms with Crippen LogP contribution in [0.2, 0.25) is 0 Å². The molecule has 1 unspecified atom stereocenters. The Morgan fingerprint density at radius 3 is 2.67 bits per heavy atom. The van der Waals surface area contributed by atoms with Crippen molar-refractivity contribution in [3.8, 4) is 0 Å². The molecule has 0 aliphatic rings. The van der Waals surface area contributed by atoms with Crippen LogP contribution in [0.3, 0.4) is 0 Å². The van der Waals surface area contributed by atoms with E-state index >= 15 is 0 Å². The van der Waals surface area contributed by atoms with Gasteiger partial charge < -0.3 is 10.1 Å². The molecule has 1 heterocycles. The zero-order chi connectivity index (χ0) is 10.7. The smallest absolute Gasteiger partial charge is 0.101 e. The van der Waals surface area contributed by atoms with Crippen molar-refractivity contribution in [2.75, 3.05) is 0 Å². The minimum Gasteiger partial charge on any atom is -0.386 e. The van der Waals surface area contributed by atoms with Gasteiger partial charge in [-0.15, -0.1) is 0 Å². The van der Waals surface area contributed by atoms with Crippen molar-refractivity contribution in [1.82, 2.24) is 9.97 Å². The van der Waals surface area contributed by atoms with Crippen LogP contribution >= 0.6 is 0 Å². The Kier molecular flexibility index (Phi) is 2.83. The van der Waals surface area contributed by atoms with E-state index in [1.54, 1.807) is 12.5 Å². The van der Waals surface area contributed by atoms with E-state index in [0.29, 0.717) is 12.1 Å². The van der Waals surface area contributed by atoms with Gasteiger partial charge in [-0.2, -0.15) is 0 Å². The van der Waals surface area contributed by atoms with Gasteiger partial charge >= 0.3 is 0 Å². The molecule has 1 atom stereocenters. The van der Waals surface area contributed by atoms with Crippen LogP contribution in [0.4, 0.5) is 0 Å². The molecule has 0 saturated heterocycles. The molecule has 3 heteroatoms. The molecule has 0 aliphatic carbocycles. The monoisotopic (exact) mass is 202 g/mol. The lowest BCUT2D eigenvalue weighted by Gasteiger charge is -2.07. The molecule has 0 aliphatic heterocycles. The second kappa shape index (κ2) is 4.28. The van der Waals surface area contributed by atoms with Gasteiger partial charge in [0.25, 0.3) is 0 Å². The van der Waals surface area contributed by atoms with E-state index in [0.717, 1.165) is 5.56 Å². The first-order chi connectivity index (χ1) is 7.25. The molecule has 1 aromatic heterocycles. The maximum atomic E-state index is 9.85. The fourth-order valence-corrected chi connectivity index (χ4v) is 1.51. The fraction of sp³-hybridized carbons (Fsp3) is 0.250. The van der Waals surface area contributed by atoms with Crippen LogP contribution < -0.4 is 0 Å². The van der Waals surface area contributed by atoms with Gasteiger partial charge in [-0.3, -0.25) is 0 Å². The van der Waals surface area contributed by atoms with Gasteiger partial charge in [-0.1, -0.05) is 29.8 Å². The first kappa shape index (κ1) is 9.93. The number of hydrogen-bond acceptors (Lipinski definition) is 2. The van der Waals surface area contributed by atoms with E-state index in [9.17, 15) is 5.11 Å². The first-order valence-corrected chi connectivity index (χ1v) is 4.98. The molecule has 0 saturated carbocycles. The topological polar surface area (TPSA) is 48.9 Å². The van der Waals surface area contributed by atoms with Gasteiger partial charge in [0.2, 0.25) is 0 Å². The van der Waals surface area contributed by atoms with Crippen molar-refractivity contribution in [1.29, 1.82) is 0 Å². The number of hydrogen-bond donors (Lipinski definition) is 2. The second-order valence-electron chi connectivity index (χ2n) is 3.70. The standard InChI is InChI=1S/C12H14N2O/c1-9-2-4-10(5-3-9)6-12(15)11-7-13-8-14-11/h2-5,7-8,12,15H,6H2,1H3,(H,13,14). The van der Waals surface area contributed by atoms with Crippen molar-refractivity contribution in [3.63, 3.8) is 0 Å². The van der Waals surface area contributed by atoms with Crippen molar-refractivity contribution in [2.45, 2.75) is 19.4 Å². The lowest BCUT2D eigenvalue weighted by atomic mass is 10.0. The van der Waals surface area contributed by atoms with E-state index in [-0.39, 0.29) is 0 Å². The maximum absolute atomic E-state index is 9.85. The number of benzene rings is 1. The zero-order valence-electron chi connectivity index (χ0n) is 8.64. The van der Waals surface area contributed by atoms with Crippen LogP contribution in [0, 0.1) is 6.92 Å². The number of nitrogens with one attached hydrogen (secondary N) is 1. The van der Waals surface area contributed by atoms with E-state index in [2.05, 4.69) is 9.97 Å². The largest absolute Gasteiger partial charge is 0.386 e.